The fraction of sp³-hybridized carbons (Fsp3) is 0.333. The molecule has 0 spiro atoms. The second-order valence-electron chi connectivity index (χ2n) is 5.36. The minimum Gasteiger partial charge on any atom is -0.497 e. The lowest BCUT2D eigenvalue weighted by Gasteiger charge is -2.09. The first-order chi connectivity index (χ1) is 10.3. The number of hydrogen-bond donors (Lipinski definition) is 1. The van der Waals surface area contributed by atoms with Crippen LogP contribution in [0.15, 0.2) is 42.5 Å². The molecule has 0 saturated carbocycles. The van der Waals surface area contributed by atoms with Crippen LogP contribution in [0.4, 0.5) is 0 Å². The fourth-order valence-corrected chi connectivity index (χ4v) is 2.74. The van der Waals surface area contributed by atoms with Crippen LogP contribution in [0, 0.1) is 0 Å². The molecular formula is C18H20O3. The molecule has 1 aliphatic rings. The van der Waals surface area contributed by atoms with Gasteiger partial charge >= 0.3 is 0 Å². The Morgan fingerprint density at radius 3 is 2.62 bits per heavy atom. The van der Waals surface area contributed by atoms with Gasteiger partial charge in [-0.05, 0) is 53.8 Å². The van der Waals surface area contributed by atoms with Gasteiger partial charge in [0.15, 0.2) is 0 Å². The topological polar surface area (TPSA) is 38.7 Å². The highest BCUT2D eigenvalue weighted by Gasteiger charge is 2.20. The van der Waals surface area contributed by atoms with Crippen LogP contribution in [0.2, 0.25) is 0 Å². The molecule has 21 heavy (non-hydrogen) atoms. The molecule has 0 unspecified atom stereocenters. The van der Waals surface area contributed by atoms with Crippen LogP contribution in [0.1, 0.15) is 29.2 Å². The van der Waals surface area contributed by atoms with Crippen molar-refractivity contribution in [3.8, 4) is 11.5 Å². The molecule has 0 heterocycles. The molecule has 0 fully saturated rings. The smallest absolute Gasteiger partial charge is 0.119 e. The molecule has 1 aliphatic carbocycles. The van der Waals surface area contributed by atoms with Gasteiger partial charge in [-0.25, -0.2) is 0 Å². The minimum atomic E-state index is -0.298. The van der Waals surface area contributed by atoms with E-state index in [1.165, 1.54) is 11.1 Å². The Labute approximate surface area is 125 Å². The Balaban J connectivity index is 1.55. The van der Waals surface area contributed by atoms with E-state index in [-0.39, 0.29) is 6.10 Å². The number of hydrogen-bond acceptors (Lipinski definition) is 3. The summed E-state index contributed by atoms with van der Waals surface area (Å²) < 4.78 is 11.0. The van der Waals surface area contributed by atoms with Crippen molar-refractivity contribution in [3.05, 3.63) is 59.2 Å². The van der Waals surface area contributed by atoms with Gasteiger partial charge in [-0.3, -0.25) is 0 Å². The molecule has 0 aromatic heterocycles. The zero-order valence-corrected chi connectivity index (χ0v) is 12.2. The molecule has 1 atom stereocenters. The number of methoxy groups -OCH3 is 1. The van der Waals surface area contributed by atoms with Crippen molar-refractivity contribution < 1.29 is 14.6 Å². The van der Waals surface area contributed by atoms with Gasteiger partial charge in [0.05, 0.1) is 19.8 Å². The third-order valence-corrected chi connectivity index (χ3v) is 3.98. The zero-order chi connectivity index (χ0) is 14.7. The van der Waals surface area contributed by atoms with E-state index in [1.54, 1.807) is 7.11 Å². The molecule has 0 aliphatic heterocycles. The lowest BCUT2D eigenvalue weighted by molar-refractivity contribution is 0.180. The van der Waals surface area contributed by atoms with Crippen LogP contribution in [-0.2, 0) is 12.8 Å². The van der Waals surface area contributed by atoms with Crippen LogP contribution in [0.5, 0.6) is 11.5 Å². The third kappa shape index (κ3) is 3.19. The average Bonchev–Trinajstić information content (AvgIpc) is 2.89. The van der Waals surface area contributed by atoms with E-state index < -0.39 is 0 Å². The van der Waals surface area contributed by atoms with E-state index in [4.69, 9.17) is 9.47 Å². The van der Waals surface area contributed by atoms with Crippen LogP contribution in [0.25, 0.3) is 0 Å². The van der Waals surface area contributed by atoms with Crippen molar-refractivity contribution in [1.82, 2.24) is 0 Å². The highest BCUT2D eigenvalue weighted by Crippen LogP contribution is 2.33. The van der Waals surface area contributed by atoms with E-state index in [0.717, 1.165) is 36.3 Å². The van der Waals surface area contributed by atoms with Gasteiger partial charge in [0.1, 0.15) is 11.5 Å². The maximum atomic E-state index is 9.79. The molecule has 2 aromatic carbocycles. The van der Waals surface area contributed by atoms with E-state index in [0.29, 0.717) is 6.61 Å². The number of benzene rings is 2. The van der Waals surface area contributed by atoms with Crippen molar-refractivity contribution in [2.24, 2.45) is 0 Å². The molecule has 1 N–H and O–H groups in total. The summed E-state index contributed by atoms with van der Waals surface area (Å²) in [6.45, 7) is 0.646. The summed E-state index contributed by atoms with van der Waals surface area (Å²) in [5.41, 5.74) is 3.49. The normalized spacial score (nSPS) is 16.6. The van der Waals surface area contributed by atoms with Gasteiger partial charge in [-0.2, -0.15) is 0 Å². The maximum Gasteiger partial charge on any atom is 0.119 e. The van der Waals surface area contributed by atoms with Crippen molar-refractivity contribution >= 4 is 0 Å². The monoisotopic (exact) mass is 284 g/mol. The second kappa shape index (κ2) is 6.19. The Hall–Kier alpha value is -2.00. The number of ether oxygens (including phenoxy) is 2. The number of aliphatic hydroxyl groups is 1. The predicted molar refractivity (Wildman–Crippen MR) is 81.9 cm³/mol. The van der Waals surface area contributed by atoms with Crippen LogP contribution in [0.3, 0.4) is 0 Å². The zero-order valence-electron chi connectivity index (χ0n) is 12.2. The summed E-state index contributed by atoms with van der Waals surface area (Å²) in [7, 11) is 1.67. The van der Waals surface area contributed by atoms with Gasteiger partial charge < -0.3 is 14.6 Å². The summed E-state index contributed by atoms with van der Waals surface area (Å²) >= 11 is 0. The molecule has 0 saturated heterocycles. The first kappa shape index (κ1) is 14.0. The molecule has 3 rings (SSSR count). The summed E-state index contributed by atoms with van der Waals surface area (Å²) in [5.74, 6) is 1.76. The first-order valence-electron chi connectivity index (χ1n) is 7.33. The number of aryl methyl sites for hydroxylation is 1. The van der Waals surface area contributed by atoms with Gasteiger partial charge in [-0.15, -0.1) is 0 Å². The van der Waals surface area contributed by atoms with E-state index >= 15 is 0 Å². The van der Waals surface area contributed by atoms with Gasteiger partial charge in [0.25, 0.3) is 0 Å². The summed E-state index contributed by atoms with van der Waals surface area (Å²) in [6.07, 6.45) is 2.33. The summed E-state index contributed by atoms with van der Waals surface area (Å²) in [6, 6.07) is 14.0. The number of fused-ring (bicyclic) bond motifs is 1. The highest BCUT2D eigenvalue weighted by atomic mass is 16.5. The third-order valence-electron chi connectivity index (χ3n) is 3.98. The molecule has 3 nitrogen and oxygen atoms in total. The minimum absolute atomic E-state index is 0.298. The second-order valence-corrected chi connectivity index (χ2v) is 5.36. The SMILES string of the molecule is COc1ccc(CCOc2ccc3c(c2)CC[C@@H]3O)cc1. The van der Waals surface area contributed by atoms with E-state index in [2.05, 4.69) is 18.2 Å². The Morgan fingerprint density at radius 2 is 1.86 bits per heavy atom. The largest absolute Gasteiger partial charge is 0.497 e. The Morgan fingerprint density at radius 1 is 1.10 bits per heavy atom. The maximum absolute atomic E-state index is 9.79. The van der Waals surface area contributed by atoms with Gasteiger partial charge in [0, 0.05) is 6.42 Å². The molecule has 0 amide bonds. The Bertz CT molecular complexity index is 604. The van der Waals surface area contributed by atoms with Crippen molar-refractivity contribution in [2.45, 2.75) is 25.4 Å². The highest BCUT2D eigenvalue weighted by molar-refractivity contribution is 5.39. The number of aliphatic hydroxyl groups excluding tert-OH is 1. The Kier molecular flexibility index (Phi) is 4.11. The fourth-order valence-electron chi connectivity index (χ4n) is 2.74. The summed E-state index contributed by atoms with van der Waals surface area (Å²) in [5, 5.41) is 9.79. The summed E-state index contributed by atoms with van der Waals surface area (Å²) in [4.78, 5) is 0. The molecule has 0 bridgehead atoms. The van der Waals surface area contributed by atoms with E-state index in [9.17, 15) is 5.11 Å². The van der Waals surface area contributed by atoms with Gasteiger partial charge in [-0.1, -0.05) is 18.2 Å². The predicted octanol–water partition coefficient (Wildman–Crippen LogP) is 3.30. The molecular weight excluding hydrogens is 264 g/mol. The van der Waals surface area contributed by atoms with Gasteiger partial charge in [0.2, 0.25) is 0 Å². The molecule has 0 radical (unpaired) electrons. The lowest BCUT2D eigenvalue weighted by Crippen LogP contribution is -2.02. The van der Waals surface area contributed by atoms with Crippen molar-refractivity contribution in [2.75, 3.05) is 13.7 Å². The molecule has 3 heteroatoms. The van der Waals surface area contributed by atoms with Crippen LogP contribution in [-0.4, -0.2) is 18.8 Å². The van der Waals surface area contributed by atoms with Crippen molar-refractivity contribution in [1.29, 1.82) is 0 Å². The quantitative estimate of drug-likeness (QED) is 0.915. The molecule has 110 valence electrons. The molecule has 2 aromatic rings. The number of rotatable bonds is 5. The average molecular weight is 284 g/mol. The van der Waals surface area contributed by atoms with Crippen LogP contribution < -0.4 is 9.47 Å². The lowest BCUT2D eigenvalue weighted by atomic mass is 10.1. The standard InChI is InChI=1S/C18H20O3/c1-20-15-5-2-13(3-6-15)10-11-21-16-7-8-17-14(12-16)4-9-18(17)19/h2-3,5-8,12,18-19H,4,9-11H2,1H3/t18-/m0/s1. The van der Waals surface area contributed by atoms with Crippen molar-refractivity contribution in [3.63, 3.8) is 0 Å². The van der Waals surface area contributed by atoms with Crippen LogP contribution >= 0.6 is 0 Å². The van der Waals surface area contributed by atoms with E-state index in [1.807, 2.05) is 24.3 Å². The first-order valence-corrected chi connectivity index (χ1v) is 7.33.